The van der Waals surface area contributed by atoms with Gasteiger partial charge in [0.05, 0.1) is 11.7 Å². The van der Waals surface area contributed by atoms with E-state index in [1.165, 1.54) is 6.42 Å². The van der Waals surface area contributed by atoms with Gasteiger partial charge in [-0.25, -0.2) is 0 Å². The van der Waals surface area contributed by atoms with Crippen LogP contribution in [0, 0.1) is 19.3 Å². The normalized spacial score (nSPS) is 20.4. The number of hydrogen-bond acceptors (Lipinski definition) is 3. The van der Waals surface area contributed by atoms with Crippen LogP contribution in [0.2, 0.25) is 0 Å². The second kappa shape index (κ2) is 8.54. The van der Waals surface area contributed by atoms with Crippen LogP contribution < -0.4 is 5.32 Å². The quantitative estimate of drug-likeness (QED) is 0.881. The molecule has 1 aromatic rings. The van der Waals surface area contributed by atoms with Crippen molar-refractivity contribution in [3.8, 4) is 0 Å². The highest BCUT2D eigenvalue weighted by Gasteiger charge is 2.38. The van der Waals surface area contributed by atoms with Crippen molar-refractivity contribution in [3.63, 3.8) is 0 Å². The topological polar surface area (TPSA) is 50.2 Å². The Morgan fingerprint density at radius 3 is 2.46 bits per heavy atom. The van der Waals surface area contributed by atoms with Gasteiger partial charge in [-0.1, -0.05) is 0 Å². The summed E-state index contributed by atoms with van der Waals surface area (Å²) >= 11 is 0. The number of hydrogen-bond donors (Lipinski definition) is 1. The summed E-state index contributed by atoms with van der Waals surface area (Å²) in [5.41, 5.74) is 2.62. The predicted octanol–water partition coefficient (Wildman–Crippen LogP) is 2.90. The predicted molar refractivity (Wildman–Crippen MR) is 101 cm³/mol. The lowest BCUT2D eigenvalue weighted by Gasteiger charge is -2.39. The van der Waals surface area contributed by atoms with E-state index in [-0.39, 0.29) is 36.8 Å². The molecule has 0 aliphatic carbocycles. The Morgan fingerprint density at radius 2 is 1.96 bits per heavy atom. The number of aryl methyl sites for hydroxylation is 2. The average Bonchev–Trinajstić information content (AvgIpc) is 3.06. The van der Waals surface area contributed by atoms with Crippen molar-refractivity contribution in [2.75, 3.05) is 26.2 Å². The zero-order valence-corrected chi connectivity index (χ0v) is 16.5. The highest BCUT2D eigenvalue weighted by atomic mass is 35.5. The molecule has 2 saturated heterocycles. The van der Waals surface area contributed by atoms with Crippen LogP contribution in [0.15, 0.2) is 6.07 Å². The summed E-state index contributed by atoms with van der Waals surface area (Å²) in [6.45, 7) is 10.3. The van der Waals surface area contributed by atoms with E-state index in [0.717, 1.165) is 50.4 Å². The molecule has 1 spiro atoms. The minimum atomic E-state index is 0. The molecule has 1 aromatic heterocycles. The number of likely N-dealkylation sites (tertiary alicyclic amines) is 1. The lowest BCUT2D eigenvalue weighted by molar-refractivity contribution is -0.134. The van der Waals surface area contributed by atoms with Gasteiger partial charge in [-0.05, 0) is 58.1 Å². The number of carbonyl (C=O) groups is 1. The van der Waals surface area contributed by atoms with Crippen LogP contribution in [0.5, 0.6) is 0 Å². The summed E-state index contributed by atoms with van der Waals surface area (Å²) < 4.78 is 1.99. The van der Waals surface area contributed by atoms with Crippen molar-refractivity contribution in [3.05, 3.63) is 17.5 Å². The lowest BCUT2D eigenvalue weighted by Crippen LogP contribution is -2.44. The number of nitrogens with one attached hydrogen (secondary N) is 1. The number of piperidine rings is 1. The molecule has 2 fully saturated rings. The Balaban J connectivity index is 0.00000144. The number of aromatic nitrogens is 2. The van der Waals surface area contributed by atoms with Crippen LogP contribution >= 0.6 is 24.8 Å². The molecular formula is C17H30Cl2N4O. The Kier molecular flexibility index (Phi) is 7.57. The Labute approximate surface area is 157 Å². The Morgan fingerprint density at radius 1 is 1.29 bits per heavy atom. The summed E-state index contributed by atoms with van der Waals surface area (Å²) in [5.74, 6) is 0.279. The second-order valence-electron chi connectivity index (χ2n) is 7.23. The van der Waals surface area contributed by atoms with E-state index in [1.54, 1.807) is 0 Å². The molecule has 1 atom stereocenters. The highest BCUT2D eigenvalue weighted by molar-refractivity contribution is 5.85. The van der Waals surface area contributed by atoms with Crippen LogP contribution in [-0.2, 0) is 4.79 Å². The molecule has 24 heavy (non-hydrogen) atoms. The van der Waals surface area contributed by atoms with E-state index in [2.05, 4.69) is 35.2 Å². The maximum Gasteiger partial charge on any atom is 0.224 e. The third-order valence-electron chi connectivity index (χ3n) is 5.44. The SMILES string of the molecule is Cc1cc(C)n(C(C)CC(=O)N2CCC3(CCNC3)CC2)n1.Cl.Cl. The van der Waals surface area contributed by atoms with Gasteiger partial charge in [-0.2, -0.15) is 5.10 Å². The van der Waals surface area contributed by atoms with Gasteiger partial charge >= 0.3 is 0 Å². The van der Waals surface area contributed by atoms with Gasteiger partial charge in [0, 0.05) is 31.7 Å². The Bertz CT molecular complexity index is 545. The zero-order valence-electron chi connectivity index (χ0n) is 14.9. The number of nitrogens with zero attached hydrogens (tertiary/aromatic N) is 3. The number of amides is 1. The van der Waals surface area contributed by atoms with Crippen molar-refractivity contribution in [1.29, 1.82) is 0 Å². The molecular weight excluding hydrogens is 347 g/mol. The van der Waals surface area contributed by atoms with E-state index in [4.69, 9.17) is 0 Å². The van der Waals surface area contributed by atoms with E-state index < -0.39 is 0 Å². The maximum absolute atomic E-state index is 12.6. The third-order valence-corrected chi connectivity index (χ3v) is 5.44. The molecule has 138 valence electrons. The van der Waals surface area contributed by atoms with Crippen LogP contribution in [0.1, 0.15) is 50.0 Å². The molecule has 1 N–H and O–H groups in total. The lowest BCUT2D eigenvalue weighted by atomic mass is 9.78. The molecule has 3 heterocycles. The summed E-state index contributed by atoms with van der Waals surface area (Å²) in [5, 5.41) is 7.98. The summed E-state index contributed by atoms with van der Waals surface area (Å²) in [7, 11) is 0. The fourth-order valence-corrected chi connectivity index (χ4v) is 4.01. The monoisotopic (exact) mass is 376 g/mol. The fourth-order valence-electron chi connectivity index (χ4n) is 4.01. The highest BCUT2D eigenvalue weighted by Crippen LogP contribution is 2.37. The van der Waals surface area contributed by atoms with Crippen molar-refractivity contribution < 1.29 is 4.79 Å². The standard InChI is InChI=1S/C17H28N4O.2ClH/c1-13-10-14(2)21(19-13)15(3)11-16(22)20-8-5-17(6-9-20)4-7-18-12-17;;/h10,15,18H,4-9,11-12H2,1-3H3;2*1H. The number of halogens is 2. The van der Waals surface area contributed by atoms with E-state index in [9.17, 15) is 4.79 Å². The molecule has 5 nitrogen and oxygen atoms in total. The molecule has 2 aliphatic rings. The molecule has 0 aromatic carbocycles. The maximum atomic E-state index is 12.6. The molecule has 0 saturated carbocycles. The van der Waals surface area contributed by atoms with Crippen LogP contribution in [0.3, 0.4) is 0 Å². The van der Waals surface area contributed by atoms with E-state index in [0.29, 0.717) is 11.8 Å². The zero-order chi connectivity index (χ0) is 15.7. The van der Waals surface area contributed by atoms with Gasteiger partial charge in [-0.15, -0.1) is 24.8 Å². The smallest absolute Gasteiger partial charge is 0.224 e. The first kappa shape index (κ1) is 21.3. The van der Waals surface area contributed by atoms with Crippen molar-refractivity contribution in [2.45, 2.75) is 52.5 Å². The first-order chi connectivity index (χ1) is 10.5. The van der Waals surface area contributed by atoms with Crippen LogP contribution in [0.25, 0.3) is 0 Å². The number of rotatable bonds is 3. The molecule has 2 aliphatic heterocycles. The van der Waals surface area contributed by atoms with Gasteiger partial charge in [0.2, 0.25) is 5.91 Å². The molecule has 1 unspecified atom stereocenters. The van der Waals surface area contributed by atoms with Crippen molar-refractivity contribution >= 4 is 30.7 Å². The summed E-state index contributed by atoms with van der Waals surface area (Å²) in [6.07, 6.45) is 4.13. The molecule has 0 bridgehead atoms. The molecule has 7 heteroatoms. The van der Waals surface area contributed by atoms with Gasteiger partial charge in [0.25, 0.3) is 0 Å². The van der Waals surface area contributed by atoms with Crippen molar-refractivity contribution in [2.24, 2.45) is 5.41 Å². The summed E-state index contributed by atoms with van der Waals surface area (Å²) in [4.78, 5) is 14.6. The third kappa shape index (κ3) is 4.44. The minimum absolute atomic E-state index is 0. The van der Waals surface area contributed by atoms with E-state index >= 15 is 0 Å². The summed E-state index contributed by atoms with van der Waals surface area (Å²) in [6, 6.07) is 2.20. The molecule has 0 radical (unpaired) electrons. The average molecular weight is 377 g/mol. The van der Waals surface area contributed by atoms with E-state index in [1.807, 2.05) is 11.6 Å². The largest absolute Gasteiger partial charge is 0.343 e. The first-order valence-electron chi connectivity index (χ1n) is 8.50. The van der Waals surface area contributed by atoms with Gasteiger partial charge in [0.15, 0.2) is 0 Å². The molecule has 1 amide bonds. The van der Waals surface area contributed by atoms with Crippen molar-refractivity contribution in [1.82, 2.24) is 20.0 Å². The van der Waals surface area contributed by atoms with Gasteiger partial charge in [-0.3, -0.25) is 9.48 Å². The first-order valence-corrected chi connectivity index (χ1v) is 8.50. The van der Waals surface area contributed by atoms with Gasteiger partial charge in [0.1, 0.15) is 0 Å². The second-order valence-corrected chi connectivity index (χ2v) is 7.23. The Hall–Kier alpha value is -0.780. The van der Waals surface area contributed by atoms with Crippen LogP contribution in [-0.4, -0.2) is 46.8 Å². The number of carbonyl (C=O) groups excluding carboxylic acids is 1. The van der Waals surface area contributed by atoms with Gasteiger partial charge < -0.3 is 10.2 Å². The fraction of sp³-hybridized carbons (Fsp3) is 0.765. The van der Waals surface area contributed by atoms with Crippen LogP contribution in [0.4, 0.5) is 0 Å². The minimum Gasteiger partial charge on any atom is -0.343 e. The molecule has 3 rings (SSSR count).